The number of halogens is 1. The molecular weight excluding hydrogens is 162 g/mol. The van der Waals surface area contributed by atoms with Gasteiger partial charge in [0, 0.05) is 0 Å². The first-order valence-corrected chi connectivity index (χ1v) is 4.44. The number of hydrogen-bond acceptors (Lipinski definition) is 1. The quantitative estimate of drug-likeness (QED) is 0.485. The Morgan fingerprint density at radius 1 is 1.78 bits per heavy atom. The smallest absolute Gasteiger partial charge is 0.321 e. The summed E-state index contributed by atoms with van der Waals surface area (Å²) in [6, 6.07) is 0. The van der Waals surface area contributed by atoms with Crippen molar-refractivity contribution >= 4 is 19.2 Å². The van der Waals surface area contributed by atoms with Crippen molar-refractivity contribution in [2.24, 2.45) is 0 Å². The molecule has 0 saturated heterocycles. The summed E-state index contributed by atoms with van der Waals surface area (Å²) in [4.78, 5) is 16.9. The van der Waals surface area contributed by atoms with Gasteiger partial charge >= 0.3 is 7.60 Å². The lowest BCUT2D eigenvalue weighted by Crippen LogP contribution is -1.85. The van der Waals surface area contributed by atoms with Crippen molar-refractivity contribution < 1.29 is 14.4 Å². The number of alkyl halides is 1. The standard InChI is InChI=1S/C4H8ClO3P/c1-2-4(3-5)9(6,7)8/h2H,3H2,1H3,(H2,6,7,8). The second kappa shape index (κ2) is 3.37. The highest BCUT2D eigenvalue weighted by Crippen LogP contribution is 2.44. The van der Waals surface area contributed by atoms with E-state index in [0.717, 1.165) is 0 Å². The van der Waals surface area contributed by atoms with Crippen LogP contribution in [0.25, 0.3) is 0 Å². The van der Waals surface area contributed by atoms with Gasteiger partial charge in [-0.1, -0.05) is 6.08 Å². The summed E-state index contributed by atoms with van der Waals surface area (Å²) in [5, 5.41) is -0.0239. The van der Waals surface area contributed by atoms with Crippen molar-refractivity contribution in [3.8, 4) is 0 Å². The number of rotatable bonds is 2. The third kappa shape index (κ3) is 3.01. The lowest BCUT2D eigenvalue weighted by Gasteiger charge is -2.02. The van der Waals surface area contributed by atoms with Crippen molar-refractivity contribution in [2.45, 2.75) is 6.92 Å². The van der Waals surface area contributed by atoms with E-state index < -0.39 is 7.60 Å². The Morgan fingerprint density at radius 3 is 2.22 bits per heavy atom. The van der Waals surface area contributed by atoms with Gasteiger partial charge in [-0.2, -0.15) is 0 Å². The Hall–Kier alpha value is 0.180. The van der Waals surface area contributed by atoms with Gasteiger partial charge in [-0.3, -0.25) is 4.57 Å². The average molecular weight is 171 g/mol. The van der Waals surface area contributed by atoms with Gasteiger partial charge in [0.15, 0.2) is 0 Å². The molecule has 2 N–H and O–H groups in total. The van der Waals surface area contributed by atoms with Crippen molar-refractivity contribution in [2.75, 3.05) is 5.88 Å². The summed E-state index contributed by atoms with van der Waals surface area (Å²) >= 11 is 5.19. The topological polar surface area (TPSA) is 57.5 Å². The lowest BCUT2D eigenvalue weighted by atomic mass is 10.6. The van der Waals surface area contributed by atoms with Crippen LogP contribution in [-0.4, -0.2) is 15.7 Å². The van der Waals surface area contributed by atoms with Gasteiger partial charge in [0.1, 0.15) is 0 Å². The first-order valence-electron chi connectivity index (χ1n) is 2.29. The van der Waals surface area contributed by atoms with Gasteiger partial charge in [0.05, 0.1) is 11.2 Å². The molecule has 3 nitrogen and oxygen atoms in total. The van der Waals surface area contributed by atoms with E-state index in [1.807, 2.05) is 0 Å². The van der Waals surface area contributed by atoms with Crippen molar-refractivity contribution in [3.05, 3.63) is 11.4 Å². The fraction of sp³-hybridized carbons (Fsp3) is 0.500. The summed E-state index contributed by atoms with van der Waals surface area (Å²) in [6.45, 7) is 1.54. The van der Waals surface area contributed by atoms with Crippen LogP contribution in [0.4, 0.5) is 0 Å². The minimum absolute atomic E-state index is 0.0239. The molecule has 0 saturated carbocycles. The summed E-state index contributed by atoms with van der Waals surface area (Å²) in [6.07, 6.45) is 1.33. The van der Waals surface area contributed by atoms with Crippen LogP contribution in [-0.2, 0) is 4.57 Å². The maximum absolute atomic E-state index is 10.3. The van der Waals surface area contributed by atoms with Crippen molar-refractivity contribution in [1.29, 1.82) is 0 Å². The van der Waals surface area contributed by atoms with Crippen molar-refractivity contribution in [1.82, 2.24) is 0 Å². The van der Waals surface area contributed by atoms with Crippen molar-refractivity contribution in [3.63, 3.8) is 0 Å². The highest BCUT2D eigenvalue weighted by atomic mass is 35.5. The van der Waals surface area contributed by atoms with E-state index in [1.165, 1.54) is 13.0 Å². The van der Waals surface area contributed by atoms with Crippen LogP contribution < -0.4 is 0 Å². The zero-order valence-electron chi connectivity index (χ0n) is 4.91. The van der Waals surface area contributed by atoms with E-state index >= 15 is 0 Å². The molecule has 54 valence electrons. The lowest BCUT2D eigenvalue weighted by molar-refractivity contribution is 0.382. The van der Waals surface area contributed by atoms with E-state index in [2.05, 4.69) is 0 Å². The largest absolute Gasteiger partial charge is 0.353 e. The van der Waals surface area contributed by atoms with Crippen LogP contribution in [0, 0.1) is 0 Å². The molecule has 0 aromatic rings. The van der Waals surface area contributed by atoms with Crippen LogP contribution in [0.5, 0.6) is 0 Å². The molecule has 0 aromatic carbocycles. The normalized spacial score (nSPS) is 14.0. The zero-order chi connectivity index (χ0) is 7.49. The molecule has 0 amide bonds. The molecule has 0 atom stereocenters. The molecule has 0 heterocycles. The first-order chi connectivity index (χ1) is 4.02. The molecule has 9 heavy (non-hydrogen) atoms. The van der Waals surface area contributed by atoms with Crippen LogP contribution in [0.1, 0.15) is 6.92 Å². The molecule has 0 rings (SSSR count). The zero-order valence-corrected chi connectivity index (χ0v) is 6.56. The second-order valence-corrected chi connectivity index (χ2v) is 3.39. The van der Waals surface area contributed by atoms with E-state index in [9.17, 15) is 4.57 Å². The van der Waals surface area contributed by atoms with E-state index in [0.29, 0.717) is 0 Å². The van der Waals surface area contributed by atoms with Gasteiger partial charge in [0.2, 0.25) is 0 Å². The van der Waals surface area contributed by atoms with E-state index in [1.54, 1.807) is 0 Å². The summed E-state index contributed by atoms with van der Waals surface area (Å²) < 4.78 is 10.3. The number of allylic oxidation sites excluding steroid dienone is 2. The Labute approximate surface area is 58.5 Å². The maximum Gasteiger partial charge on any atom is 0.353 e. The summed E-state index contributed by atoms with van der Waals surface area (Å²) in [5.74, 6) is -0.110. The van der Waals surface area contributed by atoms with E-state index in [-0.39, 0.29) is 11.2 Å². The molecule has 0 unspecified atom stereocenters. The van der Waals surface area contributed by atoms with Gasteiger partial charge in [0.25, 0.3) is 0 Å². The van der Waals surface area contributed by atoms with E-state index in [4.69, 9.17) is 21.4 Å². The molecule has 0 aromatic heterocycles. The summed E-state index contributed by atoms with van der Waals surface area (Å²) in [5.41, 5.74) is 0. The molecule has 0 aliphatic carbocycles. The van der Waals surface area contributed by atoms with Gasteiger partial charge < -0.3 is 9.79 Å². The fourth-order valence-electron chi connectivity index (χ4n) is 0.323. The van der Waals surface area contributed by atoms with Crippen LogP contribution in [0.3, 0.4) is 0 Å². The number of hydrogen-bond donors (Lipinski definition) is 2. The SMILES string of the molecule is CC=C(CCl)P(=O)(O)O. The van der Waals surface area contributed by atoms with Gasteiger partial charge in [-0.25, -0.2) is 0 Å². The average Bonchev–Trinajstić information content (AvgIpc) is 1.65. The third-order valence-corrected chi connectivity index (χ3v) is 2.48. The monoisotopic (exact) mass is 170 g/mol. The Morgan fingerprint density at radius 2 is 2.22 bits per heavy atom. The first kappa shape index (κ1) is 9.18. The molecule has 0 radical (unpaired) electrons. The molecular formula is C4H8ClO3P. The van der Waals surface area contributed by atoms with Crippen LogP contribution in [0.15, 0.2) is 11.4 Å². The predicted molar refractivity (Wildman–Crippen MR) is 36.5 cm³/mol. The molecule has 0 bridgehead atoms. The second-order valence-electron chi connectivity index (χ2n) is 1.46. The fourth-order valence-corrected chi connectivity index (χ4v) is 1.44. The molecule has 0 spiro atoms. The van der Waals surface area contributed by atoms with Crippen LogP contribution >= 0.6 is 19.2 Å². The molecule has 0 aliphatic heterocycles. The Balaban J connectivity index is 4.34. The Bertz CT molecular complexity index is 159. The molecule has 0 aliphatic rings. The van der Waals surface area contributed by atoms with Gasteiger partial charge in [-0.15, -0.1) is 11.6 Å². The van der Waals surface area contributed by atoms with Gasteiger partial charge in [-0.05, 0) is 6.92 Å². The highest BCUT2D eigenvalue weighted by molar-refractivity contribution is 7.56. The highest BCUT2D eigenvalue weighted by Gasteiger charge is 2.17. The predicted octanol–water partition coefficient (Wildman–Crippen LogP) is 1.31. The Kier molecular flexibility index (Phi) is 3.44. The van der Waals surface area contributed by atoms with Crippen LogP contribution in [0.2, 0.25) is 0 Å². The minimum Gasteiger partial charge on any atom is -0.321 e. The molecule has 0 fully saturated rings. The summed E-state index contributed by atoms with van der Waals surface area (Å²) in [7, 11) is -4.05. The third-order valence-electron chi connectivity index (χ3n) is 0.844. The minimum atomic E-state index is -4.05. The maximum atomic E-state index is 10.3. The molecule has 5 heteroatoms.